The number of nitrogens with one attached hydrogen (secondary N) is 1. The van der Waals surface area contributed by atoms with Crippen LogP contribution in [0, 0.1) is 5.82 Å². The summed E-state index contributed by atoms with van der Waals surface area (Å²) in [6.07, 6.45) is 3.54. The second-order valence-electron chi connectivity index (χ2n) is 4.50. The summed E-state index contributed by atoms with van der Waals surface area (Å²) in [4.78, 5) is 0. The second-order valence-corrected chi connectivity index (χ2v) is 4.91. The molecule has 1 N–H and O–H groups in total. The minimum absolute atomic E-state index is 0.0988. The van der Waals surface area contributed by atoms with Gasteiger partial charge in [0.1, 0.15) is 5.82 Å². The van der Waals surface area contributed by atoms with E-state index in [1.807, 2.05) is 30.9 Å². The molecule has 0 aliphatic rings. The molecular formula is C14H17ClFN3. The molecule has 0 aliphatic heterocycles. The Morgan fingerprint density at radius 3 is 2.79 bits per heavy atom. The number of hydrogen-bond acceptors (Lipinski definition) is 2. The zero-order valence-corrected chi connectivity index (χ0v) is 11.8. The lowest BCUT2D eigenvalue weighted by molar-refractivity contribution is 0.530. The molecule has 0 fully saturated rings. The number of rotatable bonds is 5. The summed E-state index contributed by atoms with van der Waals surface area (Å²) in [5.41, 5.74) is 2.07. The van der Waals surface area contributed by atoms with E-state index in [2.05, 4.69) is 10.4 Å². The van der Waals surface area contributed by atoms with Gasteiger partial charge in [0, 0.05) is 25.0 Å². The predicted molar refractivity (Wildman–Crippen MR) is 74.7 cm³/mol. The van der Waals surface area contributed by atoms with Crippen molar-refractivity contribution < 1.29 is 4.39 Å². The van der Waals surface area contributed by atoms with E-state index in [-0.39, 0.29) is 16.9 Å². The van der Waals surface area contributed by atoms with Crippen LogP contribution in [0.1, 0.15) is 23.7 Å². The molecule has 1 heterocycles. The largest absolute Gasteiger partial charge is 0.313 e. The van der Waals surface area contributed by atoms with Gasteiger partial charge < -0.3 is 5.32 Å². The Morgan fingerprint density at radius 2 is 2.21 bits per heavy atom. The summed E-state index contributed by atoms with van der Waals surface area (Å²) in [5.74, 6) is -0.375. The van der Waals surface area contributed by atoms with Crippen molar-refractivity contribution in [3.8, 4) is 0 Å². The molecule has 2 aromatic rings. The van der Waals surface area contributed by atoms with Crippen molar-refractivity contribution in [2.45, 2.75) is 18.9 Å². The number of aromatic nitrogens is 2. The Morgan fingerprint density at radius 1 is 1.42 bits per heavy atom. The highest BCUT2D eigenvalue weighted by atomic mass is 35.5. The van der Waals surface area contributed by atoms with Crippen LogP contribution in [0.15, 0.2) is 30.5 Å². The first-order chi connectivity index (χ1) is 9.11. The van der Waals surface area contributed by atoms with Crippen LogP contribution in [0.2, 0.25) is 5.02 Å². The maximum Gasteiger partial charge on any atom is 0.142 e. The van der Waals surface area contributed by atoms with Gasteiger partial charge in [-0.15, -0.1) is 0 Å². The Hall–Kier alpha value is -1.39. The molecule has 0 aliphatic carbocycles. The summed E-state index contributed by atoms with van der Waals surface area (Å²) < 4.78 is 15.3. The van der Waals surface area contributed by atoms with Crippen LogP contribution in [0.4, 0.5) is 4.39 Å². The van der Waals surface area contributed by atoms with Gasteiger partial charge in [-0.25, -0.2) is 4.39 Å². The van der Waals surface area contributed by atoms with Gasteiger partial charge in [-0.3, -0.25) is 4.68 Å². The lowest BCUT2D eigenvalue weighted by atomic mass is 10.0. The average Bonchev–Trinajstić information content (AvgIpc) is 2.80. The van der Waals surface area contributed by atoms with Gasteiger partial charge in [-0.2, -0.15) is 5.10 Å². The Kier molecular flexibility index (Phi) is 4.56. The molecular weight excluding hydrogens is 265 g/mol. The van der Waals surface area contributed by atoms with Crippen molar-refractivity contribution in [3.63, 3.8) is 0 Å². The quantitative estimate of drug-likeness (QED) is 0.913. The van der Waals surface area contributed by atoms with Gasteiger partial charge in [-0.1, -0.05) is 17.7 Å². The third-order valence-corrected chi connectivity index (χ3v) is 3.61. The molecule has 3 nitrogen and oxygen atoms in total. The fourth-order valence-electron chi connectivity index (χ4n) is 2.15. The van der Waals surface area contributed by atoms with E-state index in [0.29, 0.717) is 0 Å². The van der Waals surface area contributed by atoms with Crippen LogP contribution in [-0.2, 0) is 13.5 Å². The maximum atomic E-state index is 13.5. The fourth-order valence-corrected chi connectivity index (χ4v) is 2.26. The van der Waals surface area contributed by atoms with Gasteiger partial charge in [-0.05, 0) is 43.7 Å². The molecule has 102 valence electrons. The van der Waals surface area contributed by atoms with Gasteiger partial charge in [0.05, 0.1) is 5.02 Å². The lowest BCUT2D eigenvalue weighted by Gasteiger charge is -2.17. The first-order valence-corrected chi connectivity index (χ1v) is 6.58. The molecule has 1 aromatic carbocycles. The second kappa shape index (κ2) is 6.17. The zero-order chi connectivity index (χ0) is 13.8. The van der Waals surface area contributed by atoms with E-state index in [1.54, 1.807) is 12.3 Å². The summed E-state index contributed by atoms with van der Waals surface area (Å²) in [7, 11) is 3.80. The highest BCUT2D eigenvalue weighted by molar-refractivity contribution is 6.30. The van der Waals surface area contributed by atoms with E-state index < -0.39 is 0 Å². The van der Waals surface area contributed by atoms with E-state index >= 15 is 0 Å². The highest BCUT2D eigenvalue weighted by Gasteiger charge is 2.12. The summed E-state index contributed by atoms with van der Waals surface area (Å²) >= 11 is 5.70. The number of nitrogens with zero attached hydrogens (tertiary/aromatic N) is 2. The Balaban J connectivity index is 2.07. The van der Waals surface area contributed by atoms with E-state index in [4.69, 9.17) is 11.6 Å². The van der Waals surface area contributed by atoms with Crippen LogP contribution < -0.4 is 5.32 Å². The zero-order valence-electron chi connectivity index (χ0n) is 11.0. The van der Waals surface area contributed by atoms with E-state index in [9.17, 15) is 4.39 Å². The molecule has 19 heavy (non-hydrogen) atoms. The van der Waals surface area contributed by atoms with Crippen molar-refractivity contribution in [3.05, 3.63) is 52.6 Å². The van der Waals surface area contributed by atoms with Crippen molar-refractivity contribution in [2.75, 3.05) is 7.05 Å². The SMILES string of the molecule is CNC(CCc1ccnn1C)c1ccc(Cl)c(F)c1. The average molecular weight is 282 g/mol. The van der Waals surface area contributed by atoms with Crippen molar-refractivity contribution in [1.82, 2.24) is 15.1 Å². The van der Waals surface area contributed by atoms with Crippen LogP contribution in [0.5, 0.6) is 0 Å². The van der Waals surface area contributed by atoms with Gasteiger partial charge >= 0.3 is 0 Å². The molecule has 5 heteroatoms. The molecule has 1 unspecified atom stereocenters. The summed E-state index contributed by atoms with van der Waals surface area (Å²) in [6.45, 7) is 0. The maximum absolute atomic E-state index is 13.5. The molecule has 1 aromatic heterocycles. The number of halogens is 2. The molecule has 1 atom stereocenters. The molecule has 0 saturated carbocycles. The smallest absolute Gasteiger partial charge is 0.142 e. The van der Waals surface area contributed by atoms with E-state index in [0.717, 1.165) is 24.1 Å². The topological polar surface area (TPSA) is 29.9 Å². The van der Waals surface area contributed by atoms with Crippen LogP contribution in [-0.4, -0.2) is 16.8 Å². The van der Waals surface area contributed by atoms with Gasteiger partial charge in [0.2, 0.25) is 0 Å². The fraction of sp³-hybridized carbons (Fsp3) is 0.357. The molecule has 0 bridgehead atoms. The minimum atomic E-state index is -0.375. The van der Waals surface area contributed by atoms with Crippen molar-refractivity contribution in [1.29, 1.82) is 0 Å². The first kappa shape index (κ1) is 14.0. The normalized spacial score (nSPS) is 12.6. The minimum Gasteiger partial charge on any atom is -0.313 e. The monoisotopic (exact) mass is 281 g/mol. The number of benzene rings is 1. The molecule has 0 spiro atoms. The van der Waals surface area contributed by atoms with E-state index in [1.165, 1.54) is 6.07 Å². The van der Waals surface area contributed by atoms with Gasteiger partial charge in [0.25, 0.3) is 0 Å². The standard InChI is InChI=1S/C14H17ClFN3/c1-17-14(6-4-11-7-8-18-19(11)2)10-3-5-12(15)13(16)9-10/h3,5,7-9,14,17H,4,6H2,1-2H3. The summed E-state index contributed by atoms with van der Waals surface area (Å²) in [5, 5.41) is 7.50. The van der Waals surface area contributed by atoms with Gasteiger partial charge in [0.15, 0.2) is 0 Å². The number of aryl methyl sites for hydroxylation is 2. The lowest BCUT2D eigenvalue weighted by Crippen LogP contribution is -2.18. The summed E-state index contributed by atoms with van der Waals surface area (Å²) in [6, 6.07) is 7.04. The first-order valence-electron chi connectivity index (χ1n) is 6.21. The van der Waals surface area contributed by atoms with Crippen molar-refractivity contribution in [2.24, 2.45) is 7.05 Å². The Labute approximate surface area is 117 Å². The number of hydrogen-bond donors (Lipinski definition) is 1. The molecule has 2 rings (SSSR count). The highest BCUT2D eigenvalue weighted by Crippen LogP contribution is 2.23. The molecule has 0 amide bonds. The molecule has 0 saturated heterocycles. The van der Waals surface area contributed by atoms with Crippen LogP contribution >= 0.6 is 11.6 Å². The predicted octanol–water partition coefficient (Wildman–Crippen LogP) is 3.11. The van der Waals surface area contributed by atoms with Crippen LogP contribution in [0.25, 0.3) is 0 Å². The van der Waals surface area contributed by atoms with Crippen molar-refractivity contribution >= 4 is 11.6 Å². The third-order valence-electron chi connectivity index (χ3n) is 3.31. The molecule has 0 radical (unpaired) electrons. The van der Waals surface area contributed by atoms with Crippen LogP contribution in [0.3, 0.4) is 0 Å². The third kappa shape index (κ3) is 3.33. The Bertz CT molecular complexity index is 553.